The van der Waals surface area contributed by atoms with Gasteiger partial charge in [0.15, 0.2) is 0 Å². The van der Waals surface area contributed by atoms with Crippen LogP contribution in [-0.4, -0.2) is 51.8 Å². The number of hydrogen-bond acceptors (Lipinski definition) is 7. The van der Waals surface area contributed by atoms with E-state index in [-0.39, 0.29) is 18.5 Å². The van der Waals surface area contributed by atoms with Gasteiger partial charge in [-0.1, -0.05) is 11.3 Å². The number of aromatic nitrogens is 2. The lowest BCUT2D eigenvalue weighted by Gasteiger charge is -2.33. The van der Waals surface area contributed by atoms with Crippen molar-refractivity contribution in [3.63, 3.8) is 0 Å². The summed E-state index contributed by atoms with van der Waals surface area (Å²) in [5.74, 6) is 0.246. The number of nitro groups is 1. The minimum atomic E-state index is -0.439. The summed E-state index contributed by atoms with van der Waals surface area (Å²) in [4.78, 5) is 17.5. The van der Waals surface area contributed by atoms with Gasteiger partial charge in [-0.2, -0.15) is 9.38 Å². The molecule has 3 rings (SSSR count). The molecule has 1 fully saturated rings. The van der Waals surface area contributed by atoms with Crippen molar-refractivity contribution in [2.24, 2.45) is 0 Å². The van der Waals surface area contributed by atoms with Crippen LogP contribution in [0, 0.1) is 10.1 Å². The monoisotopic (exact) mass is 284 g/mol. The average Bonchev–Trinajstić information content (AvgIpc) is 2.97. The normalized spacial score (nSPS) is 20.1. The Bertz CT molecular complexity index is 610. The van der Waals surface area contributed by atoms with Gasteiger partial charge in [-0.3, -0.25) is 0 Å². The van der Waals surface area contributed by atoms with E-state index in [2.05, 4.69) is 4.98 Å². The molecule has 2 aromatic heterocycles. The molecule has 1 N–H and O–H groups in total. The molecule has 1 unspecified atom stereocenters. The number of aliphatic hydroxyl groups excluding tert-OH is 1. The predicted molar refractivity (Wildman–Crippen MR) is 68.8 cm³/mol. The molecule has 19 heavy (non-hydrogen) atoms. The van der Waals surface area contributed by atoms with Crippen LogP contribution >= 0.6 is 11.3 Å². The maximum absolute atomic E-state index is 11.3. The molecule has 3 heterocycles. The van der Waals surface area contributed by atoms with Crippen LogP contribution in [0.5, 0.6) is 0 Å². The van der Waals surface area contributed by atoms with E-state index >= 15 is 0 Å². The molecule has 0 aliphatic carbocycles. The van der Waals surface area contributed by atoms with Crippen LogP contribution in [0.3, 0.4) is 0 Å². The molecule has 0 amide bonds. The topological polar surface area (TPSA) is 93.1 Å². The van der Waals surface area contributed by atoms with Crippen LogP contribution in [0.25, 0.3) is 4.96 Å². The number of imidazole rings is 1. The summed E-state index contributed by atoms with van der Waals surface area (Å²) in [6.07, 6.45) is 1.63. The number of nitrogens with zero attached hydrogens (tertiary/aromatic N) is 4. The zero-order chi connectivity index (χ0) is 13.4. The van der Waals surface area contributed by atoms with E-state index in [1.54, 1.807) is 16.5 Å². The average molecular weight is 284 g/mol. The van der Waals surface area contributed by atoms with Gasteiger partial charge < -0.3 is 24.9 Å². The largest absolute Gasteiger partial charge is 0.394 e. The highest BCUT2D eigenvalue weighted by Crippen LogP contribution is 2.32. The Morgan fingerprint density at radius 2 is 2.53 bits per heavy atom. The summed E-state index contributed by atoms with van der Waals surface area (Å²) in [7, 11) is 0. The second-order valence-corrected chi connectivity index (χ2v) is 5.05. The highest BCUT2D eigenvalue weighted by atomic mass is 32.1. The third-order valence-electron chi connectivity index (χ3n) is 3.10. The second-order valence-electron chi connectivity index (χ2n) is 4.18. The van der Waals surface area contributed by atoms with Gasteiger partial charge in [0.2, 0.25) is 5.82 Å². The van der Waals surface area contributed by atoms with E-state index in [1.165, 1.54) is 15.7 Å². The molecular weight excluding hydrogens is 272 g/mol. The number of aliphatic hydroxyl groups is 1. The first-order valence-electron chi connectivity index (χ1n) is 5.77. The van der Waals surface area contributed by atoms with Gasteiger partial charge in [0.1, 0.15) is 6.20 Å². The second kappa shape index (κ2) is 4.76. The SMILES string of the molecule is O=[N+]([O-])c1c(N2CCOCC2CO)nc2sccn12. The van der Waals surface area contributed by atoms with Crippen molar-refractivity contribution in [2.45, 2.75) is 6.04 Å². The number of ether oxygens (including phenoxy) is 1. The number of morpholine rings is 1. The Morgan fingerprint density at radius 3 is 3.26 bits per heavy atom. The molecule has 9 heteroatoms. The molecule has 1 aliphatic heterocycles. The molecule has 0 aromatic carbocycles. The van der Waals surface area contributed by atoms with E-state index in [0.29, 0.717) is 30.5 Å². The number of rotatable bonds is 3. The lowest BCUT2D eigenvalue weighted by atomic mass is 10.2. The van der Waals surface area contributed by atoms with Crippen LogP contribution in [0.4, 0.5) is 11.6 Å². The highest BCUT2D eigenvalue weighted by Gasteiger charge is 2.33. The van der Waals surface area contributed by atoms with Crippen LogP contribution in [0.2, 0.25) is 0 Å². The molecule has 0 bridgehead atoms. The summed E-state index contributed by atoms with van der Waals surface area (Å²) < 4.78 is 6.74. The van der Waals surface area contributed by atoms with Crippen LogP contribution in [0.1, 0.15) is 0 Å². The summed E-state index contributed by atoms with van der Waals surface area (Å²) in [5.41, 5.74) is 0. The van der Waals surface area contributed by atoms with Gasteiger partial charge in [0.05, 0.1) is 25.9 Å². The summed E-state index contributed by atoms with van der Waals surface area (Å²) in [6.45, 7) is 1.18. The number of anilines is 1. The lowest BCUT2D eigenvalue weighted by Crippen LogP contribution is -2.48. The van der Waals surface area contributed by atoms with Gasteiger partial charge >= 0.3 is 5.82 Å². The smallest absolute Gasteiger partial charge is 0.373 e. The minimum absolute atomic E-state index is 0.0587. The van der Waals surface area contributed by atoms with E-state index in [0.717, 1.165) is 0 Å². The molecule has 8 nitrogen and oxygen atoms in total. The summed E-state index contributed by atoms with van der Waals surface area (Å²) in [5, 5.41) is 22.4. The third-order valence-corrected chi connectivity index (χ3v) is 3.86. The van der Waals surface area contributed by atoms with E-state index in [1.807, 2.05) is 0 Å². The van der Waals surface area contributed by atoms with Crippen LogP contribution in [-0.2, 0) is 4.74 Å². The van der Waals surface area contributed by atoms with Crippen molar-refractivity contribution in [3.8, 4) is 0 Å². The Labute approximate surface area is 112 Å². The van der Waals surface area contributed by atoms with Crippen molar-refractivity contribution in [3.05, 3.63) is 21.7 Å². The Morgan fingerprint density at radius 1 is 1.68 bits per heavy atom. The quantitative estimate of drug-likeness (QED) is 0.651. The summed E-state index contributed by atoms with van der Waals surface area (Å²) in [6, 6.07) is -0.294. The van der Waals surface area contributed by atoms with Gasteiger partial charge in [-0.05, 0) is 4.92 Å². The summed E-state index contributed by atoms with van der Waals surface area (Å²) >= 11 is 1.34. The molecular formula is C10H12N4O4S. The molecule has 1 aliphatic rings. The Hall–Kier alpha value is -1.71. The van der Waals surface area contributed by atoms with Crippen LogP contribution in [0.15, 0.2) is 11.6 Å². The zero-order valence-corrected chi connectivity index (χ0v) is 10.7. The van der Waals surface area contributed by atoms with Gasteiger partial charge in [-0.25, -0.2) is 0 Å². The first-order chi connectivity index (χ1) is 9.22. The fourth-order valence-electron chi connectivity index (χ4n) is 2.21. The molecule has 102 valence electrons. The van der Waals surface area contributed by atoms with Crippen molar-refractivity contribution >= 4 is 27.9 Å². The predicted octanol–water partition coefficient (Wildman–Crippen LogP) is 0.501. The number of thiazole rings is 1. The first kappa shape index (κ1) is 12.3. The van der Waals surface area contributed by atoms with Crippen molar-refractivity contribution in [2.75, 3.05) is 31.3 Å². The fourth-order valence-corrected chi connectivity index (χ4v) is 2.91. The van der Waals surface area contributed by atoms with E-state index < -0.39 is 4.92 Å². The first-order valence-corrected chi connectivity index (χ1v) is 6.65. The molecule has 1 saturated heterocycles. The standard InChI is InChI=1S/C10H12N4O4S/c15-5-7-6-18-3-1-12(7)8-9(14(16)17)13-2-4-19-10(13)11-8/h2,4,7,15H,1,3,5-6H2. The minimum Gasteiger partial charge on any atom is -0.394 e. The number of fused-ring (bicyclic) bond motifs is 1. The van der Waals surface area contributed by atoms with Gasteiger partial charge in [0.25, 0.3) is 4.96 Å². The van der Waals surface area contributed by atoms with Gasteiger partial charge in [-0.15, -0.1) is 0 Å². The molecule has 0 spiro atoms. The lowest BCUT2D eigenvalue weighted by molar-refractivity contribution is -0.389. The van der Waals surface area contributed by atoms with E-state index in [4.69, 9.17) is 4.74 Å². The van der Waals surface area contributed by atoms with Crippen molar-refractivity contribution in [1.29, 1.82) is 0 Å². The molecule has 0 radical (unpaired) electrons. The fraction of sp³-hybridized carbons (Fsp3) is 0.500. The number of hydrogen-bond donors (Lipinski definition) is 1. The third kappa shape index (κ3) is 1.95. The molecule has 0 saturated carbocycles. The van der Waals surface area contributed by atoms with Gasteiger partial charge in [0, 0.05) is 11.9 Å². The van der Waals surface area contributed by atoms with E-state index in [9.17, 15) is 15.2 Å². The molecule has 1 atom stereocenters. The van der Waals surface area contributed by atoms with Crippen molar-refractivity contribution < 1.29 is 14.8 Å². The van der Waals surface area contributed by atoms with Crippen LogP contribution < -0.4 is 4.90 Å². The molecule has 2 aromatic rings. The zero-order valence-electron chi connectivity index (χ0n) is 9.93. The maximum atomic E-state index is 11.3. The maximum Gasteiger partial charge on any atom is 0.373 e. The Balaban J connectivity index is 2.10. The highest BCUT2D eigenvalue weighted by molar-refractivity contribution is 7.15. The Kier molecular flexibility index (Phi) is 3.09. The van der Waals surface area contributed by atoms with Crippen molar-refractivity contribution in [1.82, 2.24) is 9.38 Å².